The molecule has 0 saturated carbocycles. The molecule has 0 spiro atoms. The van der Waals surface area contributed by atoms with Gasteiger partial charge in [-0.2, -0.15) is 5.26 Å². The summed E-state index contributed by atoms with van der Waals surface area (Å²) in [6, 6.07) is 9.57. The number of rotatable bonds is 5. The van der Waals surface area contributed by atoms with Crippen LogP contribution in [0.1, 0.15) is 37.6 Å². The zero-order chi connectivity index (χ0) is 17.6. The van der Waals surface area contributed by atoms with E-state index in [1.165, 1.54) is 0 Å². The third-order valence-electron chi connectivity index (χ3n) is 3.28. The molecule has 0 unspecified atom stereocenters. The summed E-state index contributed by atoms with van der Waals surface area (Å²) in [5.74, 6) is 0. The van der Waals surface area contributed by atoms with E-state index < -0.39 is 11.7 Å². The summed E-state index contributed by atoms with van der Waals surface area (Å²) in [6.45, 7) is 6.65. The molecule has 0 aliphatic heterocycles. The molecule has 0 saturated heterocycles. The highest BCUT2D eigenvalue weighted by Gasteiger charge is 2.15. The Bertz CT molecular complexity index is 721. The van der Waals surface area contributed by atoms with Gasteiger partial charge in [-0.1, -0.05) is 12.1 Å². The standard InChI is InChI=1S/C18H22N4O2/c1-18(2,3)24-17(23)21-9-8-16-11-20-13-22(16)12-15-6-4-14(10-19)5-7-15/h4-7,11,13H,8-9,12H2,1-3H3,(H,21,23). The third kappa shape index (κ3) is 5.43. The number of imidazole rings is 1. The van der Waals surface area contributed by atoms with Crippen LogP contribution in [0.3, 0.4) is 0 Å². The number of nitriles is 1. The highest BCUT2D eigenvalue weighted by molar-refractivity contribution is 5.67. The fraction of sp³-hybridized carbons (Fsp3) is 0.389. The molecule has 0 fully saturated rings. The summed E-state index contributed by atoms with van der Waals surface area (Å²) >= 11 is 0. The average Bonchev–Trinajstić information content (AvgIpc) is 2.93. The van der Waals surface area contributed by atoms with Gasteiger partial charge in [0.15, 0.2) is 0 Å². The molecule has 0 aliphatic carbocycles. The lowest BCUT2D eigenvalue weighted by molar-refractivity contribution is 0.0528. The van der Waals surface area contributed by atoms with Gasteiger partial charge in [0.1, 0.15) is 5.60 Å². The second-order valence-corrected chi connectivity index (χ2v) is 6.50. The number of carbonyl (C=O) groups is 1. The minimum absolute atomic E-state index is 0.416. The molecule has 0 bridgehead atoms. The van der Waals surface area contributed by atoms with Gasteiger partial charge in [-0.05, 0) is 38.5 Å². The van der Waals surface area contributed by atoms with Crippen LogP contribution in [0.15, 0.2) is 36.8 Å². The second kappa shape index (κ2) is 7.64. The van der Waals surface area contributed by atoms with Crippen molar-refractivity contribution in [2.75, 3.05) is 6.54 Å². The summed E-state index contributed by atoms with van der Waals surface area (Å²) in [4.78, 5) is 15.8. The molecular weight excluding hydrogens is 304 g/mol. The molecule has 1 aromatic heterocycles. The van der Waals surface area contributed by atoms with Crippen LogP contribution in [-0.2, 0) is 17.7 Å². The lowest BCUT2D eigenvalue weighted by atomic mass is 10.1. The second-order valence-electron chi connectivity index (χ2n) is 6.50. The number of benzene rings is 1. The van der Waals surface area contributed by atoms with E-state index in [4.69, 9.17) is 10.00 Å². The zero-order valence-electron chi connectivity index (χ0n) is 14.2. The highest BCUT2D eigenvalue weighted by Crippen LogP contribution is 2.09. The number of nitrogens with one attached hydrogen (secondary N) is 1. The van der Waals surface area contributed by atoms with Crippen LogP contribution >= 0.6 is 0 Å². The van der Waals surface area contributed by atoms with Crippen molar-refractivity contribution in [2.24, 2.45) is 0 Å². The number of nitrogens with zero attached hydrogens (tertiary/aromatic N) is 3. The van der Waals surface area contributed by atoms with Crippen molar-refractivity contribution in [3.05, 3.63) is 53.6 Å². The molecule has 6 nitrogen and oxygen atoms in total. The molecule has 1 heterocycles. The minimum atomic E-state index is -0.499. The van der Waals surface area contributed by atoms with E-state index in [-0.39, 0.29) is 0 Å². The van der Waals surface area contributed by atoms with Gasteiger partial charge >= 0.3 is 6.09 Å². The van der Waals surface area contributed by atoms with Gasteiger partial charge in [-0.25, -0.2) is 9.78 Å². The Morgan fingerprint density at radius 1 is 1.33 bits per heavy atom. The van der Waals surface area contributed by atoms with E-state index in [9.17, 15) is 4.79 Å². The van der Waals surface area contributed by atoms with Gasteiger partial charge in [-0.3, -0.25) is 0 Å². The van der Waals surface area contributed by atoms with Crippen LogP contribution < -0.4 is 5.32 Å². The van der Waals surface area contributed by atoms with Gasteiger partial charge in [0.25, 0.3) is 0 Å². The van der Waals surface area contributed by atoms with E-state index >= 15 is 0 Å². The maximum atomic E-state index is 11.6. The maximum Gasteiger partial charge on any atom is 0.407 e. The first-order valence-electron chi connectivity index (χ1n) is 7.82. The lowest BCUT2D eigenvalue weighted by Gasteiger charge is -2.19. The first kappa shape index (κ1) is 17.5. The number of hydrogen-bond acceptors (Lipinski definition) is 4. The van der Waals surface area contributed by atoms with Gasteiger partial charge < -0.3 is 14.6 Å². The molecule has 6 heteroatoms. The summed E-state index contributed by atoms with van der Waals surface area (Å²) < 4.78 is 7.23. The van der Waals surface area contributed by atoms with Crippen LogP contribution in [0.25, 0.3) is 0 Å². The molecule has 1 aromatic carbocycles. The van der Waals surface area contributed by atoms with Crippen molar-refractivity contribution >= 4 is 6.09 Å². The lowest BCUT2D eigenvalue weighted by Crippen LogP contribution is -2.33. The summed E-state index contributed by atoms with van der Waals surface area (Å²) in [7, 11) is 0. The zero-order valence-corrected chi connectivity index (χ0v) is 14.2. The predicted molar refractivity (Wildman–Crippen MR) is 90.4 cm³/mol. The number of carbonyl (C=O) groups excluding carboxylic acids is 1. The fourth-order valence-electron chi connectivity index (χ4n) is 2.19. The third-order valence-corrected chi connectivity index (χ3v) is 3.28. The van der Waals surface area contributed by atoms with E-state index in [1.54, 1.807) is 24.7 Å². The first-order chi connectivity index (χ1) is 11.4. The number of hydrogen-bond donors (Lipinski definition) is 1. The maximum absolute atomic E-state index is 11.6. The van der Waals surface area contributed by atoms with Crippen LogP contribution in [0.5, 0.6) is 0 Å². The summed E-state index contributed by atoms with van der Waals surface area (Å²) in [5.41, 5.74) is 2.26. The van der Waals surface area contributed by atoms with Gasteiger partial charge in [-0.15, -0.1) is 0 Å². The first-order valence-corrected chi connectivity index (χ1v) is 7.82. The fourth-order valence-corrected chi connectivity index (χ4v) is 2.19. The molecular formula is C18H22N4O2. The summed E-state index contributed by atoms with van der Waals surface area (Å²) in [6.07, 6.45) is 3.80. The van der Waals surface area contributed by atoms with E-state index in [2.05, 4.69) is 16.4 Å². The van der Waals surface area contributed by atoms with Gasteiger partial charge in [0.05, 0.1) is 18.0 Å². The molecule has 126 valence electrons. The quantitative estimate of drug-likeness (QED) is 0.916. The Morgan fingerprint density at radius 3 is 2.67 bits per heavy atom. The Balaban J connectivity index is 1.88. The monoisotopic (exact) mass is 326 g/mol. The number of aromatic nitrogens is 2. The molecule has 0 aliphatic rings. The molecule has 1 amide bonds. The molecule has 1 N–H and O–H groups in total. The molecule has 2 rings (SSSR count). The van der Waals surface area contributed by atoms with Crippen LogP contribution in [-0.4, -0.2) is 27.8 Å². The molecule has 2 aromatic rings. The van der Waals surface area contributed by atoms with Crippen molar-refractivity contribution in [3.63, 3.8) is 0 Å². The Labute approximate surface area is 142 Å². The van der Waals surface area contributed by atoms with E-state index in [1.807, 2.05) is 37.5 Å². The van der Waals surface area contributed by atoms with E-state index in [0.717, 1.165) is 11.3 Å². The van der Waals surface area contributed by atoms with Crippen molar-refractivity contribution in [3.8, 4) is 6.07 Å². The Kier molecular flexibility index (Phi) is 5.59. The van der Waals surface area contributed by atoms with Gasteiger partial charge in [0.2, 0.25) is 0 Å². The van der Waals surface area contributed by atoms with Crippen LogP contribution in [0, 0.1) is 11.3 Å². The number of amides is 1. The van der Waals surface area contributed by atoms with Gasteiger partial charge in [0, 0.05) is 31.4 Å². The van der Waals surface area contributed by atoms with Crippen molar-refractivity contribution < 1.29 is 9.53 Å². The SMILES string of the molecule is CC(C)(C)OC(=O)NCCc1cncn1Cc1ccc(C#N)cc1. The Hall–Kier alpha value is -2.81. The molecule has 0 radical (unpaired) electrons. The molecule has 0 atom stereocenters. The largest absolute Gasteiger partial charge is 0.444 e. The smallest absolute Gasteiger partial charge is 0.407 e. The average molecular weight is 326 g/mol. The van der Waals surface area contributed by atoms with Crippen LogP contribution in [0.4, 0.5) is 4.79 Å². The van der Waals surface area contributed by atoms with Crippen molar-refractivity contribution in [1.29, 1.82) is 5.26 Å². The molecule has 24 heavy (non-hydrogen) atoms. The minimum Gasteiger partial charge on any atom is -0.444 e. The highest BCUT2D eigenvalue weighted by atomic mass is 16.6. The van der Waals surface area contributed by atoms with Crippen molar-refractivity contribution in [2.45, 2.75) is 39.3 Å². The number of ether oxygens (including phenoxy) is 1. The normalized spacial score (nSPS) is 10.9. The topological polar surface area (TPSA) is 79.9 Å². The number of alkyl carbamates (subject to hydrolysis) is 1. The van der Waals surface area contributed by atoms with E-state index in [0.29, 0.717) is 25.1 Å². The van der Waals surface area contributed by atoms with Crippen molar-refractivity contribution in [1.82, 2.24) is 14.9 Å². The predicted octanol–water partition coefficient (Wildman–Crippen LogP) is 2.87. The van der Waals surface area contributed by atoms with Crippen LogP contribution in [0.2, 0.25) is 0 Å². The Morgan fingerprint density at radius 2 is 2.04 bits per heavy atom. The summed E-state index contributed by atoms with van der Waals surface area (Å²) in [5, 5.41) is 11.6.